The van der Waals surface area contributed by atoms with Gasteiger partial charge in [-0.05, 0) is 48.0 Å². The molecule has 8 aromatic rings. The summed E-state index contributed by atoms with van der Waals surface area (Å²) in [5, 5.41) is 1.15. The number of nitrogens with zero attached hydrogens (tertiary/aromatic N) is 4. The maximum absolute atomic E-state index is 15.4. The molecule has 0 unspecified atom stereocenters. The van der Waals surface area contributed by atoms with Gasteiger partial charge in [0.25, 0.3) is 0 Å². The van der Waals surface area contributed by atoms with Crippen molar-refractivity contribution < 1.29 is 17.6 Å². The Balaban J connectivity index is 1.42. The number of hydrogen-bond acceptors (Lipinski definition) is 3. The lowest BCUT2D eigenvalue weighted by molar-refractivity contribution is -0.137. The van der Waals surface area contributed by atoms with Crippen LogP contribution < -0.4 is 0 Å². The first-order valence-electron chi connectivity index (χ1n) is 15.2. The van der Waals surface area contributed by atoms with Crippen LogP contribution in [-0.2, 0) is 6.18 Å². The van der Waals surface area contributed by atoms with Crippen LogP contribution in [0.15, 0.2) is 146 Å². The van der Waals surface area contributed by atoms with Gasteiger partial charge in [-0.25, -0.2) is 19.3 Å². The molecule has 48 heavy (non-hydrogen) atoms. The molecule has 8 rings (SSSR count). The molecule has 232 valence electrons. The number of fused-ring (bicyclic) bond motifs is 3. The molecule has 0 saturated carbocycles. The van der Waals surface area contributed by atoms with Crippen LogP contribution >= 0.6 is 0 Å². The van der Waals surface area contributed by atoms with E-state index in [-0.39, 0.29) is 0 Å². The molecule has 0 radical (unpaired) electrons. The molecule has 2 heterocycles. The van der Waals surface area contributed by atoms with Crippen LogP contribution in [0, 0.1) is 5.82 Å². The van der Waals surface area contributed by atoms with Gasteiger partial charge in [0.05, 0.1) is 16.6 Å². The lowest BCUT2D eigenvalue weighted by atomic mass is 9.97. The SMILES string of the molecule is Fc1ccccc1-c1ccc(-n2c3ccccc3c3cc(C(F)(F)F)ccc32)cc1-c1nc(-c2ccccc2)nc(-c2ccccc2)n1. The number of rotatable bonds is 5. The highest BCUT2D eigenvalue weighted by Crippen LogP contribution is 2.40. The van der Waals surface area contributed by atoms with Crippen molar-refractivity contribution in [2.24, 2.45) is 0 Å². The highest BCUT2D eigenvalue weighted by atomic mass is 19.4. The van der Waals surface area contributed by atoms with Crippen LogP contribution in [0.4, 0.5) is 17.6 Å². The van der Waals surface area contributed by atoms with E-state index in [1.54, 1.807) is 24.3 Å². The first kappa shape index (κ1) is 29.3. The molecule has 4 nitrogen and oxygen atoms in total. The third-order valence-corrected chi connectivity index (χ3v) is 8.37. The second-order valence-electron chi connectivity index (χ2n) is 11.3. The van der Waals surface area contributed by atoms with Crippen molar-refractivity contribution in [1.82, 2.24) is 19.5 Å². The summed E-state index contributed by atoms with van der Waals surface area (Å²) in [6.07, 6.45) is -4.49. The molecule has 8 heteroatoms. The number of hydrogen-bond donors (Lipinski definition) is 0. The number of aromatic nitrogens is 4. The summed E-state index contributed by atoms with van der Waals surface area (Å²) in [6.45, 7) is 0. The number of para-hydroxylation sites is 1. The summed E-state index contributed by atoms with van der Waals surface area (Å²) in [4.78, 5) is 14.7. The van der Waals surface area contributed by atoms with Gasteiger partial charge in [-0.1, -0.05) is 103 Å². The minimum absolute atomic E-state index is 0.322. The van der Waals surface area contributed by atoms with Gasteiger partial charge in [-0.15, -0.1) is 0 Å². The minimum Gasteiger partial charge on any atom is -0.309 e. The Kier molecular flexibility index (Phi) is 7.06. The zero-order valence-corrected chi connectivity index (χ0v) is 25.2. The Morgan fingerprint density at radius 2 is 1.04 bits per heavy atom. The van der Waals surface area contributed by atoms with Crippen LogP contribution in [0.3, 0.4) is 0 Å². The molecule has 0 N–H and O–H groups in total. The zero-order chi connectivity index (χ0) is 32.8. The Bertz CT molecular complexity index is 2400. The van der Waals surface area contributed by atoms with Crippen molar-refractivity contribution in [1.29, 1.82) is 0 Å². The lowest BCUT2D eigenvalue weighted by Gasteiger charge is -2.16. The van der Waals surface area contributed by atoms with E-state index in [9.17, 15) is 13.2 Å². The second-order valence-corrected chi connectivity index (χ2v) is 11.3. The second kappa shape index (κ2) is 11.6. The maximum Gasteiger partial charge on any atom is 0.416 e. The fourth-order valence-corrected chi connectivity index (χ4v) is 6.13. The van der Waals surface area contributed by atoms with E-state index in [2.05, 4.69) is 0 Å². The fraction of sp³-hybridized carbons (Fsp3) is 0.0250. The van der Waals surface area contributed by atoms with E-state index < -0.39 is 17.6 Å². The van der Waals surface area contributed by atoms with E-state index in [0.29, 0.717) is 56.1 Å². The van der Waals surface area contributed by atoms with Gasteiger partial charge in [0, 0.05) is 38.7 Å². The van der Waals surface area contributed by atoms with E-state index >= 15 is 4.39 Å². The highest BCUT2D eigenvalue weighted by molar-refractivity contribution is 6.09. The average Bonchev–Trinajstić information content (AvgIpc) is 3.46. The third-order valence-electron chi connectivity index (χ3n) is 8.37. The Morgan fingerprint density at radius 3 is 1.71 bits per heavy atom. The van der Waals surface area contributed by atoms with Gasteiger partial charge in [0.2, 0.25) is 0 Å². The minimum atomic E-state index is -4.49. The maximum atomic E-state index is 15.4. The molecule has 0 amide bonds. The highest BCUT2D eigenvalue weighted by Gasteiger charge is 2.31. The average molecular weight is 637 g/mol. The van der Waals surface area contributed by atoms with Crippen molar-refractivity contribution in [3.8, 4) is 51.0 Å². The van der Waals surface area contributed by atoms with Crippen molar-refractivity contribution in [3.63, 3.8) is 0 Å². The summed E-state index contributed by atoms with van der Waals surface area (Å²) in [5.74, 6) is 0.799. The van der Waals surface area contributed by atoms with Gasteiger partial charge in [-0.2, -0.15) is 13.2 Å². The van der Waals surface area contributed by atoms with E-state index in [1.165, 1.54) is 18.2 Å². The Hall–Kier alpha value is -6.15. The van der Waals surface area contributed by atoms with Crippen LogP contribution in [0.25, 0.3) is 72.8 Å². The van der Waals surface area contributed by atoms with Crippen LogP contribution in [0.1, 0.15) is 5.56 Å². The summed E-state index contributed by atoms with van der Waals surface area (Å²) in [5.41, 5.74) is 4.27. The van der Waals surface area contributed by atoms with Crippen molar-refractivity contribution in [2.45, 2.75) is 6.18 Å². The van der Waals surface area contributed by atoms with Crippen LogP contribution in [-0.4, -0.2) is 19.5 Å². The van der Waals surface area contributed by atoms with Gasteiger partial charge in [0.15, 0.2) is 17.5 Å². The molecule has 0 aliphatic rings. The fourth-order valence-electron chi connectivity index (χ4n) is 6.13. The van der Waals surface area contributed by atoms with Crippen molar-refractivity contribution in [2.75, 3.05) is 0 Å². The zero-order valence-electron chi connectivity index (χ0n) is 25.2. The molecule has 0 fully saturated rings. The lowest BCUT2D eigenvalue weighted by Crippen LogP contribution is -2.04. The molecule has 2 aromatic heterocycles. The van der Waals surface area contributed by atoms with Crippen LogP contribution in [0.2, 0.25) is 0 Å². The van der Waals surface area contributed by atoms with Gasteiger partial charge >= 0.3 is 6.18 Å². The summed E-state index contributed by atoms with van der Waals surface area (Å²) < 4.78 is 58.7. The summed E-state index contributed by atoms with van der Waals surface area (Å²) in [7, 11) is 0. The van der Waals surface area contributed by atoms with Crippen molar-refractivity contribution >= 4 is 21.8 Å². The normalized spacial score (nSPS) is 11.8. The largest absolute Gasteiger partial charge is 0.416 e. The molecule has 0 atom stereocenters. The predicted octanol–water partition coefficient (Wildman–Crippen LogP) is 10.8. The molecule has 0 spiro atoms. The van der Waals surface area contributed by atoms with Gasteiger partial charge in [0.1, 0.15) is 5.82 Å². The molecular formula is C40H24F4N4. The first-order chi connectivity index (χ1) is 23.3. The molecular weight excluding hydrogens is 612 g/mol. The molecule has 0 aliphatic carbocycles. The van der Waals surface area contributed by atoms with E-state index in [1.807, 2.05) is 102 Å². The quantitative estimate of drug-likeness (QED) is 0.177. The molecule has 0 aliphatic heterocycles. The smallest absolute Gasteiger partial charge is 0.309 e. The van der Waals surface area contributed by atoms with E-state index in [4.69, 9.17) is 15.0 Å². The molecule has 0 bridgehead atoms. The number of benzene rings is 6. The molecule has 6 aromatic carbocycles. The van der Waals surface area contributed by atoms with Gasteiger partial charge < -0.3 is 4.57 Å². The van der Waals surface area contributed by atoms with Crippen molar-refractivity contribution in [3.05, 3.63) is 157 Å². The van der Waals surface area contributed by atoms with E-state index in [0.717, 1.165) is 22.7 Å². The number of halogens is 4. The topological polar surface area (TPSA) is 43.6 Å². The van der Waals surface area contributed by atoms with Gasteiger partial charge in [-0.3, -0.25) is 0 Å². The monoisotopic (exact) mass is 636 g/mol. The Labute approximate surface area is 272 Å². The standard InChI is InChI=1S/C40H24F4N4/c41-34-17-9-7-15-30(34)29-21-20-28(48-35-18-10-8-16-31(35)32-23-27(40(42,43)44)19-22-36(32)48)24-33(29)39-46-37(25-11-3-1-4-12-25)45-38(47-39)26-13-5-2-6-14-26/h1-24H. The summed E-state index contributed by atoms with van der Waals surface area (Å²) >= 11 is 0. The predicted molar refractivity (Wildman–Crippen MR) is 181 cm³/mol. The third kappa shape index (κ3) is 5.17. The molecule has 0 saturated heterocycles. The van der Waals surface area contributed by atoms with Crippen LogP contribution in [0.5, 0.6) is 0 Å². The Morgan fingerprint density at radius 1 is 0.458 bits per heavy atom. The number of alkyl halides is 3. The summed E-state index contributed by atoms with van der Waals surface area (Å²) in [6, 6.07) is 42.2. The first-order valence-corrected chi connectivity index (χ1v) is 15.2.